The van der Waals surface area contributed by atoms with Crippen LogP contribution in [0.3, 0.4) is 0 Å². The molecule has 0 heterocycles. The van der Waals surface area contributed by atoms with E-state index in [9.17, 15) is 13.2 Å². The Balaban J connectivity index is 2.14. The number of alkyl halides is 3. The number of hydrogen-bond acceptors (Lipinski definition) is 1. The Kier molecular flexibility index (Phi) is 3.32. The third-order valence-electron chi connectivity index (χ3n) is 2.43. The van der Waals surface area contributed by atoms with Crippen molar-refractivity contribution in [2.24, 2.45) is 5.92 Å². The van der Waals surface area contributed by atoms with Crippen LogP contribution in [0.5, 0.6) is 5.75 Å². The van der Waals surface area contributed by atoms with Gasteiger partial charge in [0, 0.05) is 0 Å². The van der Waals surface area contributed by atoms with Gasteiger partial charge in [-0.3, -0.25) is 0 Å². The minimum absolute atomic E-state index is 0.335. The summed E-state index contributed by atoms with van der Waals surface area (Å²) in [6, 6.07) is 3.58. The van der Waals surface area contributed by atoms with Crippen molar-refractivity contribution < 1.29 is 17.9 Å². The molecule has 1 aromatic rings. The molecule has 1 saturated carbocycles. The second-order valence-electron chi connectivity index (χ2n) is 3.90. The average molecular weight is 342 g/mol. The van der Waals surface area contributed by atoms with Crippen molar-refractivity contribution in [3.8, 4) is 5.75 Å². The van der Waals surface area contributed by atoms with Gasteiger partial charge in [-0.15, -0.1) is 0 Å². The second-order valence-corrected chi connectivity index (χ2v) is 5.06. The van der Waals surface area contributed by atoms with E-state index in [-0.39, 0.29) is 0 Å². The van der Waals surface area contributed by atoms with E-state index in [1.807, 2.05) is 22.6 Å². The third-order valence-corrected chi connectivity index (χ3v) is 3.32. The maximum atomic E-state index is 12.5. The van der Waals surface area contributed by atoms with Crippen molar-refractivity contribution >= 4 is 22.6 Å². The second kappa shape index (κ2) is 4.43. The minimum Gasteiger partial charge on any atom is -0.492 e. The number of ether oxygens (including phenoxy) is 1. The highest BCUT2D eigenvalue weighted by atomic mass is 127. The molecule has 1 fully saturated rings. The van der Waals surface area contributed by atoms with Crippen molar-refractivity contribution in [1.29, 1.82) is 0 Å². The van der Waals surface area contributed by atoms with Crippen LogP contribution in [-0.4, -0.2) is 6.61 Å². The van der Waals surface area contributed by atoms with E-state index in [2.05, 4.69) is 0 Å². The molecule has 0 spiro atoms. The van der Waals surface area contributed by atoms with Crippen LogP contribution in [0, 0.1) is 9.49 Å². The summed E-state index contributed by atoms with van der Waals surface area (Å²) < 4.78 is 43.5. The predicted octanol–water partition coefficient (Wildman–Crippen LogP) is 4.10. The molecule has 5 heteroatoms. The Labute approximate surface area is 105 Å². The molecule has 2 rings (SSSR count). The quantitative estimate of drug-likeness (QED) is 0.752. The first-order chi connectivity index (χ1) is 7.47. The zero-order valence-electron chi connectivity index (χ0n) is 8.35. The summed E-state index contributed by atoms with van der Waals surface area (Å²) in [5, 5.41) is 0. The van der Waals surface area contributed by atoms with E-state index in [4.69, 9.17) is 4.74 Å². The van der Waals surface area contributed by atoms with Crippen molar-refractivity contribution in [1.82, 2.24) is 0 Å². The average Bonchev–Trinajstić information content (AvgIpc) is 2.98. The lowest BCUT2D eigenvalue weighted by Gasteiger charge is -2.11. The predicted molar refractivity (Wildman–Crippen MR) is 62.4 cm³/mol. The normalized spacial score (nSPS) is 16.2. The zero-order chi connectivity index (χ0) is 11.8. The maximum Gasteiger partial charge on any atom is 0.416 e. The molecule has 0 aromatic heterocycles. The molecule has 0 atom stereocenters. The van der Waals surface area contributed by atoms with Gasteiger partial charge >= 0.3 is 6.18 Å². The van der Waals surface area contributed by atoms with Crippen LogP contribution in [0.25, 0.3) is 0 Å². The zero-order valence-corrected chi connectivity index (χ0v) is 10.5. The summed E-state index contributed by atoms with van der Waals surface area (Å²) in [5.74, 6) is 0.868. The van der Waals surface area contributed by atoms with E-state index in [0.717, 1.165) is 25.0 Å². The van der Waals surface area contributed by atoms with Crippen LogP contribution < -0.4 is 4.74 Å². The standard InChI is InChI=1S/C11H10F3IO/c12-11(13,14)8-3-4-9(15)10(5-8)16-6-7-1-2-7/h3-5,7H,1-2,6H2. The Morgan fingerprint density at radius 1 is 1.31 bits per heavy atom. The van der Waals surface area contributed by atoms with Crippen molar-refractivity contribution in [2.75, 3.05) is 6.61 Å². The van der Waals surface area contributed by atoms with Crippen LogP contribution in [0.15, 0.2) is 18.2 Å². The molecule has 1 aromatic carbocycles. The number of hydrogen-bond donors (Lipinski definition) is 0. The van der Waals surface area contributed by atoms with E-state index in [1.165, 1.54) is 6.07 Å². The van der Waals surface area contributed by atoms with Crippen molar-refractivity contribution in [3.63, 3.8) is 0 Å². The summed E-state index contributed by atoms with van der Waals surface area (Å²) in [4.78, 5) is 0. The highest BCUT2D eigenvalue weighted by Gasteiger charge is 2.31. The van der Waals surface area contributed by atoms with E-state index in [1.54, 1.807) is 0 Å². The highest BCUT2D eigenvalue weighted by molar-refractivity contribution is 14.1. The van der Waals surface area contributed by atoms with E-state index >= 15 is 0 Å². The first-order valence-electron chi connectivity index (χ1n) is 4.96. The van der Waals surface area contributed by atoms with Crippen LogP contribution >= 0.6 is 22.6 Å². The highest BCUT2D eigenvalue weighted by Crippen LogP contribution is 2.35. The fourth-order valence-electron chi connectivity index (χ4n) is 1.28. The largest absolute Gasteiger partial charge is 0.492 e. The van der Waals surface area contributed by atoms with Gasteiger partial charge in [0.05, 0.1) is 15.7 Å². The summed E-state index contributed by atoms with van der Waals surface area (Å²) in [6.07, 6.45) is -2.06. The molecule has 1 aliphatic rings. The molecule has 0 amide bonds. The Morgan fingerprint density at radius 3 is 2.56 bits per heavy atom. The number of halogens is 4. The summed E-state index contributed by atoms with van der Waals surface area (Å²) >= 11 is 1.98. The molecule has 88 valence electrons. The molecular weight excluding hydrogens is 332 g/mol. The third kappa shape index (κ3) is 3.02. The Hall–Kier alpha value is -0.460. The van der Waals surface area contributed by atoms with Gasteiger partial charge in [-0.25, -0.2) is 0 Å². The van der Waals surface area contributed by atoms with Gasteiger partial charge in [-0.1, -0.05) is 0 Å². The van der Waals surface area contributed by atoms with Crippen molar-refractivity contribution in [2.45, 2.75) is 19.0 Å². The summed E-state index contributed by atoms with van der Waals surface area (Å²) in [7, 11) is 0. The minimum atomic E-state index is -4.30. The molecule has 1 aliphatic carbocycles. The molecule has 0 bridgehead atoms. The lowest BCUT2D eigenvalue weighted by Crippen LogP contribution is -2.07. The van der Waals surface area contributed by atoms with Gasteiger partial charge in [0.25, 0.3) is 0 Å². The van der Waals surface area contributed by atoms with Gasteiger partial charge in [0.2, 0.25) is 0 Å². The molecule has 0 aliphatic heterocycles. The van der Waals surface area contributed by atoms with Crippen LogP contribution in [0.4, 0.5) is 13.2 Å². The lowest BCUT2D eigenvalue weighted by molar-refractivity contribution is -0.137. The fraction of sp³-hybridized carbons (Fsp3) is 0.455. The molecule has 16 heavy (non-hydrogen) atoms. The molecule has 0 unspecified atom stereocenters. The molecule has 1 nitrogen and oxygen atoms in total. The first-order valence-corrected chi connectivity index (χ1v) is 6.04. The van der Waals surface area contributed by atoms with Gasteiger partial charge < -0.3 is 4.74 Å². The summed E-state index contributed by atoms with van der Waals surface area (Å²) in [5.41, 5.74) is -0.654. The van der Waals surface area contributed by atoms with Gasteiger partial charge in [-0.2, -0.15) is 13.2 Å². The number of rotatable bonds is 3. The van der Waals surface area contributed by atoms with Gasteiger partial charge in [0.15, 0.2) is 0 Å². The fourth-order valence-corrected chi connectivity index (χ4v) is 1.77. The van der Waals surface area contributed by atoms with E-state index < -0.39 is 11.7 Å². The summed E-state index contributed by atoms with van der Waals surface area (Å²) in [6.45, 7) is 0.525. The van der Waals surface area contributed by atoms with Crippen LogP contribution in [-0.2, 0) is 6.18 Å². The molecule has 0 N–H and O–H groups in total. The van der Waals surface area contributed by atoms with Gasteiger partial charge in [-0.05, 0) is 59.5 Å². The monoisotopic (exact) mass is 342 g/mol. The van der Waals surface area contributed by atoms with Crippen LogP contribution in [0.1, 0.15) is 18.4 Å². The van der Waals surface area contributed by atoms with E-state index in [0.29, 0.717) is 21.8 Å². The SMILES string of the molecule is FC(F)(F)c1ccc(I)c(OCC2CC2)c1. The van der Waals surface area contributed by atoms with Gasteiger partial charge in [0.1, 0.15) is 5.75 Å². The lowest BCUT2D eigenvalue weighted by atomic mass is 10.2. The molecular formula is C11H10F3IO. The maximum absolute atomic E-state index is 12.5. The smallest absolute Gasteiger partial charge is 0.416 e. The van der Waals surface area contributed by atoms with Crippen molar-refractivity contribution in [3.05, 3.63) is 27.3 Å². The first kappa shape index (κ1) is 12.0. The van der Waals surface area contributed by atoms with Crippen LogP contribution in [0.2, 0.25) is 0 Å². The topological polar surface area (TPSA) is 9.23 Å². The molecule has 0 saturated heterocycles. The molecule has 0 radical (unpaired) electrons. The Morgan fingerprint density at radius 2 is 2.00 bits per heavy atom. The number of benzene rings is 1. The Bertz CT molecular complexity index is 385.